The van der Waals surface area contributed by atoms with Crippen molar-refractivity contribution in [2.45, 2.75) is 6.17 Å². The lowest BCUT2D eigenvalue weighted by Gasteiger charge is -2.01. The fraction of sp³-hybridized carbons (Fsp3) is 0.143. The van der Waals surface area contributed by atoms with Gasteiger partial charge in [-0.2, -0.15) is 8.78 Å². The molecular formula is C7HF7. The standard InChI is InChI=1S/C7HF7/c8-2-1(4(10)7(13)14)3(9)6(12)5(2)11/h2H. The van der Waals surface area contributed by atoms with Gasteiger partial charge in [-0.3, -0.25) is 0 Å². The Kier molecular flexibility index (Phi) is 2.68. The van der Waals surface area contributed by atoms with Crippen LogP contribution in [0.25, 0.3) is 0 Å². The van der Waals surface area contributed by atoms with Crippen LogP contribution in [-0.2, 0) is 0 Å². The van der Waals surface area contributed by atoms with E-state index in [4.69, 9.17) is 0 Å². The quantitative estimate of drug-likeness (QED) is 0.587. The second-order valence-corrected chi connectivity index (χ2v) is 2.33. The molecule has 1 aliphatic rings. The van der Waals surface area contributed by atoms with Crippen LogP contribution in [-0.4, -0.2) is 6.17 Å². The molecule has 78 valence electrons. The summed E-state index contributed by atoms with van der Waals surface area (Å²) in [6, 6.07) is 0. The molecular weight excluding hydrogens is 217 g/mol. The fourth-order valence-electron chi connectivity index (χ4n) is 0.882. The molecule has 0 nitrogen and oxygen atoms in total. The molecule has 0 spiro atoms. The van der Waals surface area contributed by atoms with Gasteiger partial charge in [0.1, 0.15) is 0 Å². The van der Waals surface area contributed by atoms with Gasteiger partial charge in [0.05, 0.1) is 5.57 Å². The molecule has 0 aliphatic heterocycles. The molecule has 1 rings (SSSR count). The monoisotopic (exact) mass is 218 g/mol. The first kappa shape index (κ1) is 10.8. The third-order valence-electron chi connectivity index (χ3n) is 1.52. The van der Waals surface area contributed by atoms with Crippen molar-refractivity contribution in [2.24, 2.45) is 0 Å². The summed E-state index contributed by atoms with van der Waals surface area (Å²) in [6.45, 7) is 0. The maximum atomic E-state index is 12.5. The third kappa shape index (κ3) is 1.42. The molecule has 0 heterocycles. The smallest absolute Gasteiger partial charge is 0.234 e. The maximum Gasteiger partial charge on any atom is 0.306 e. The Morgan fingerprint density at radius 3 is 1.71 bits per heavy atom. The highest BCUT2D eigenvalue weighted by Crippen LogP contribution is 2.41. The average Bonchev–Trinajstić information content (AvgIpc) is 2.30. The van der Waals surface area contributed by atoms with Crippen molar-refractivity contribution in [3.8, 4) is 0 Å². The predicted octanol–water partition coefficient (Wildman–Crippen LogP) is 3.79. The molecule has 14 heavy (non-hydrogen) atoms. The zero-order valence-corrected chi connectivity index (χ0v) is 6.22. The van der Waals surface area contributed by atoms with Crippen molar-refractivity contribution in [2.75, 3.05) is 0 Å². The van der Waals surface area contributed by atoms with Crippen LogP contribution in [0.1, 0.15) is 0 Å². The zero-order chi connectivity index (χ0) is 11.0. The highest BCUT2D eigenvalue weighted by molar-refractivity contribution is 5.49. The molecule has 0 N–H and O–H groups in total. The lowest BCUT2D eigenvalue weighted by molar-refractivity contribution is 0.340. The molecule has 1 atom stereocenters. The Morgan fingerprint density at radius 1 is 0.929 bits per heavy atom. The SMILES string of the molecule is FC(F)=C(F)C1=C(F)C(F)=C(F)C1F. The second kappa shape index (κ2) is 3.47. The van der Waals surface area contributed by atoms with Crippen LogP contribution in [0.15, 0.2) is 35.0 Å². The molecule has 0 radical (unpaired) electrons. The minimum atomic E-state index is -3.16. The van der Waals surface area contributed by atoms with E-state index in [1.165, 1.54) is 0 Å². The lowest BCUT2D eigenvalue weighted by atomic mass is 10.2. The second-order valence-electron chi connectivity index (χ2n) is 2.33. The molecule has 0 saturated carbocycles. The summed E-state index contributed by atoms with van der Waals surface area (Å²) >= 11 is 0. The highest BCUT2D eigenvalue weighted by atomic mass is 19.3. The number of alkyl halides is 1. The molecule has 0 aromatic rings. The Morgan fingerprint density at radius 2 is 1.43 bits per heavy atom. The third-order valence-corrected chi connectivity index (χ3v) is 1.52. The van der Waals surface area contributed by atoms with E-state index in [0.717, 1.165) is 0 Å². The van der Waals surface area contributed by atoms with Gasteiger partial charge in [0.15, 0.2) is 29.5 Å². The van der Waals surface area contributed by atoms with Crippen LogP contribution in [0.5, 0.6) is 0 Å². The molecule has 0 fully saturated rings. The highest BCUT2D eigenvalue weighted by Gasteiger charge is 2.39. The fourth-order valence-corrected chi connectivity index (χ4v) is 0.882. The van der Waals surface area contributed by atoms with Gasteiger partial charge in [-0.15, -0.1) is 0 Å². The minimum Gasteiger partial charge on any atom is -0.234 e. The van der Waals surface area contributed by atoms with Crippen LogP contribution in [0, 0.1) is 0 Å². The number of hydrogen-bond acceptors (Lipinski definition) is 0. The predicted molar refractivity (Wildman–Crippen MR) is 32.6 cm³/mol. The van der Waals surface area contributed by atoms with E-state index in [0.29, 0.717) is 0 Å². The van der Waals surface area contributed by atoms with Crippen LogP contribution in [0.2, 0.25) is 0 Å². The van der Waals surface area contributed by atoms with E-state index < -0.39 is 41.1 Å². The van der Waals surface area contributed by atoms with Gasteiger partial charge in [0.2, 0.25) is 0 Å². The van der Waals surface area contributed by atoms with Crippen molar-refractivity contribution in [3.05, 3.63) is 35.0 Å². The van der Waals surface area contributed by atoms with Crippen LogP contribution in [0.3, 0.4) is 0 Å². The van der Waals surface area contributed by atoms with E-state index in [-0.39, 0.29) is 0 Å². The van der Waals surface area contributed by atoms with Crippen molar-refractivity contribution >= 4 is 0 Å². The van der Waals surface area contributed by atoms with Crippen LogP contribution in [0.4, 0.5) is 30.7 Å². The molecule has 0 aromatic carbocycles. The molecule has 0 bridgehead atoms. The van der Waals surface area contributed by atoms with Gasteiger partial charge in [0.25, 0.3) is 0 Å². The Balaban J connectivity index is 3.25. The minimum absolute atomic E-state index is 1.94. The average molecular weight is 218 g/mol. The lowest BCUT2D eigenvalue weighted by Crippen LogP contribution is -2.02. The summed E-state index contributed by atoms with van der Waals surface area (Å²) < 4.78 is 84.9. The first-order chi connectivity index (χ1) is 6.37. The van der Waals surface area contributed by atoms with Crippen LogP contribution >= 0.6 is 0 Å². The first-order valence-electron chi connectivity index (χ1n) is 3.18. The molecule has 1 unspecified atom stereocenters. The Hall–Kier alpha value is -1.27. The summed E-state index contributed by atoms with van der Waals surface area (Å²) in [4.78, 5) is 0. The van der Waals surface area contributed by atoms with E-state index in [1.54, 1.807) is 0 Å². The van der Waals surface area contributed by atoms with Crippen molar-refractivity contribution in [1.29, 1.82) is 0 Å². The van der Waals surface area contributed by atoms with Gasteiger partial charge >= 0.3 is 6.08 Å². The zero-order valence-electron chi connectivity index (χ0n) is 6.22. The first-order valence-corrected chi connectivity index (χ1v) is 3.18. The van der Waals surface area contributed by atoms with E-state index in [2.05, 4.69) is 0 Å². The van der Waals surface area contributed by atoms with Crippen LogP contribution < -0.4 is 0 Å². The van der Waals surface area contributed by atoms with Gasteiger partial charge in [0, 0.05) is 0 Å². The van der Waals surface area contributed by atoms with E-state index in [9.17, 15) is 30.7 Å². The van der Waals surface area contributed by atoms with E-state index >= 15 is 0 Å². The Labute approximate surface area is 73.0 Å². The molecule has 7 heteroatoms. The molecule has 0 amide bonds. The molecule has 0 aromatic heterocycles. The van der Waals surface area contributed by atoms with E-state index in [1.807, 2.05) is 0 Å². The number of hydrogen-bond donors (Lipinski definition) is 0. The van der Waals surface area contributed by atoms with Gasteiger partial charge in [-0.05, 0) is 0 Å². The van der Waals surface area contributed by atoms with Crippen molar-refractivity contribution in [1.82, 2.24) is 0 Å². The van der Waals surface area contributed by atoms with Gasteiger partial charge in [-0.1, -0.05) is 0 Å². The molecule has 1 aliphatic carbocycles. The maximum absolute atomic E-state index is 12.5. The van der Waals surface area contributed by atoms with Gasteiger partial charge in [-0.25, -0.2) is 22.0 Å². The summed E-state index contributed by atoms with van der Waals surface area (Å²) in [5.41, 5.74) is -1.94. The van der Waals surface area contributed by atoms with Crippen molar-refractivity contribution < 1.29 is 30.7 Å². The largest absolute Gasteiger partial charge is 0.306 e. The number of rotatable bonds is 1. The Bertz CT molecular complexity index is 358. The molecule has 0 saturated heterocycles. The summed E-state index contributed by atoms with van der Waals surface area (Å²) in [6.07, 6.45) is -6.20. The summed E-state index contributed by atoms with van der Waals surface area (Å²) in [7, 11) is 0. The van der Waals surface area contributed by atoms with Gasteiger partial charge < -0.3 is 0 Å². The number of halogens is 7. The number of allylic oxidation sites excluding steroid dienone is 5. The topological polar surface area (TPSA) is 0 Å². The normalized spacial score (nSPS) is 22.1. The summed E-state index contributed by atoms with van der Waals surface area (Å²) in [5, 5.41) is 0. The van der Waals surface area contributed by atoms with Crippen molar-refractivity contribution in [3.63, 3.8) is 0 Å². The summed E-state index contributed by atoms with van der Waals surface area (Å²) in [5.74, 6) is -9.39.